The average molecular weight is 216 g/mol. The van der Waals surface area contributed by atoms with E-state index in [9.17, 15) is 4.79 Å². The van der Waals surface area contributed by atoms with Crippen LogP contribution in [-0.2, 0) is 6.42 Å². The predicted molar refractivity (Wildman–Crippen MR) is 59.6 cm³/mol. The first-order chi connectivity index (χ1) is 7.90. The number of para-hydroxylation sites is 1. The molecule has 0 aliphatic heterocycles. The van der Waals surface area contributed by atoms with Crippen LogP contribution in [0.15, 0.2) is 36.5 Å². The van der Waals surface area contributed by atoms with Gasteiger partial charge in [0.2, 0.25) is 0 Å². The SMILES string of the molecule is O=Cc1cn[nH]c1CCOc1ccccc1. The van der Waals surface area contributed by atoms with E-state index in [0.717, 1.165) is 17.7 Å². The molecule has 0 aliphatic carbocycles. The summed E-state index contributed by atoms with van der Waals surface area (Å²) in [5.41, 5.74) is 1.41. The van der Waals surface area contributed by atoms with Crippen LogP contribution in [0.5, 0.6) is 5.75 Å². The van der Waals surface area contributed by atoms with Gasteiger partial charge >= 0.3 is 0 Å². The Morgan fingerprint density at radius 2 is 2.12 bits per heavy atom. The van der Waals surface area contributed by atoms with Gasteiger partial charge in [0, 0.05) is 12.1 Å². The van der Waals surface area contributed by atoms with Crippen molar-refractivity contribution in [2.75, 3.05) is 6.61 Å². The zero-order valence-electron chi connectivity index (χ0n) is 8.72. The fourth-order valence-corrected chi connectivity index (χ4v) is 1.41. The first-order valence-electron chi connectivity index (χ1n) is 5.05. The second-order valence-corrected chi connectivity index (χ2v) is 3.33. The number of nitrogens with zero attached hydrogens (tertiary/aromatic N) is 1. The highest BCUT2D eigenvalue weighted by Crippen LogP contribution is 2.09. The average Bonchev–Trinajstić information content (AvgIpc) is 2.78. The lowest BCUT2D eigenvalue weighted by molar-refractivity contribution is 0.112. The molecule has 1 aromatic carbocycles. The van der Waals surface area contributed by atoms with Crippen LogP contribution in [0, 0.1) is 0 Å². The van der Waals surface area contributed by atoms with Crippen LogP contribution in [0.25, 0.3) is 0 Å². The van der Waals surface area contributed by atoms with Crippen molar-refractivity contribution in [2.45, 2.75) is 6.42 Å². The third-order valence-electron chi connectivity index (χ3n) is 2.24. The number of benzene rings is 1. The molecule has 0 amide bonds. The summed E-state index contributed by atoms with van der Waals surface area (Å²) in [6, 6.07) is 9.57. The molecule has 82 valence electrons. The molecule has 0 unspecified atom stereocenters. The van der Waals surface area contributed by atoms with Crippen molar-refractivity contribution in [2.24, 2.45) is 0 Å². The molecule has 4 nitrogen and oxygen atoms in total. The van der Waals surface area contributed by atoms with Gasteiger partial charge in [-0.15, -0.1) is 0 Å². The summed E-state index contributed by atoms with van der Waals surface area (Å²) >= 11 is 0. The Morgan fingerprint density at radius 1 is 1.31 bits per heavy atom. The normalized spacial score (nSPS) is 10.0. The molecule has 1 heterocycles. The largest absolute Gasteiger partial charge is 0.493 e. The maximum atomic E-state index is 10.6. The molecular formula is C12H12N2O2. The smallest absolute Gasteiger partial charge is 0.153 e. The molecular weight excluding hydrogens is 204 g/mol. The molecule has 1 aromatic heterocycles. The van der Waals surface area contributed by atoms with Crippen LogP contribution in [-0.4, -0.2) is 23.1 Å². The number of aldehydes is 1. The maximum absolute atomic E-state index is 10.6. The van der Waals surface area contributed by atoms with Gasteiger partial charge < -0.3 is 4.74 Å². The molecule has 0 saturated carbocycles. The van der Waals surface area contributed by atoms with Gasteiger partial charge in [-0.2, -0.15) is 5.10 Å². The number of ether oxygens (including phenoxy) is 1. The first-order valence-corrected chi connectivity index (χ1v) is 5.05. The summed E-state index contributed by atoms with van der Waals surface area (Å²) in [5.74, 6) is 0.828. The second kappa shape index (κ2) is 5.11. The Bertz CT molecular complexity index is 451. The van der Waals surface area contributed by atoms with Gasteiger partial charge in [0.1, 0.15) is 5.75 Å². The summed E-state index contributed by atoms with van der Waals surface area (Å²) in [6.07, 6.45) is 2.95. The van der Waals surface area contributed by atoms with Crippen molar-refractivity contribution in [3.63, 3.8) is 0 Å². The molecule has 0 atom stereocenters. The van der Waals surface area contributed by atoms with E-state index in [2.05, 4.69) is 10.2 Å². The highest BCUT2D eigenvalue weighted by Gasteiger charge is 2.03. The number of nitrogens with one attached hydrogen (secondary N) is 1. The Morgan fingerprint density at radius 3 is 2.88 bits per heavy atom. The number of hydrogen-bond donors (Lipinski definition) is 1. The van der Waals surface area contributed by atoms with Crippen LogP contribution in [0.2, 0.25) is 0 Å². The third-order valence-corrected chi connectivity index (χ3v) is 2.24. The van der Waals surface area contributed by atoms with Gasteiger partial charge in [0.15, 0.2) is 6.29 Å². The minimum Gasteiger partial charge on any atom is -0.493 e. The van der Waals surface area contributed by atoms with Crippen LogP contribution in [0.1, 0.15) is 16.1 Å². The van der Waals surface area contributed by atoms with Crippen molar-refractivity contribution in [1.82, 2.24) is 10.2 Å². The standard InChI is InChI=1S/C12H12N2O2/c15-9-10-8-13-14-12(10)6-7-16-11-4-2-1-3-5-11/h1-5,8-9H,6-7H2,(H,13,14). The molecule has 16 heavy (non-hydrogen) atoms. The van der Waals surface area contributed by atoms with Gasteiger partial charge in [-0.25, -0.2) is 0 Å². The second-order valence-electron chi connectivity index (χ2n) is 3.33. The number of carbonyl (C=O) groups is 1. The molecule has 1 N–H and O–H groups in total. The molecule has 0 spiro atoms. The number of H-pyrrole nitrogens is 1. The topological polar surface area (TPSA) is 55.0 Å². The van der Waals surface area contributed by atoms with Gasteiger partial charge in [0.25, 0.3) is 0 Å². The van der Waals surface area contributed by atoms with Crippen LogP contribution in [0.3, 0.4) is 0 Å². The number of carbonyl (C=O) groups excluding carboxylic acids is 1. The van der Waals surface area contributed by atoms with E-state index in [1.165, 1.54) is 6.20 Å². The van der Waals surface area contributed by atoms with Crippen molar-refractivity contribution in [3.05, 3.63) is 47.8 Å². The van der Waals surface area contributed by atoms with Crippen LogP contribution < -0.4 is 4.74 Å². The summed E-state index contributed by atoms with van der Waals surface area (Å²) in [4.78, 5) is 10.6. The summed E-state index contributed by atoms with van der Waals surface area (Å²) in [6.45, 7) is 0.521. The summed E-state index contributed by atoms with van der Waals surface area (Å²) < 4.78 is 5.52. The van der Waals surface area contributed by atoms with Crippen molar-refractivity contribution in [1.29, 1.82) is 0 Å². The monoisotopic (exact) mass is 216 g/mol. The fraction of sp³-hybridized carbons (Fsp3) is 0.167. The number of aromatic amines is 1. The van der Waals surface area contributed by atoms with Gasteiger partial charge in [-0.1, -0.05) is 18.2 Å². The van der Waals surface area contributed by atoms with Gasteiger partial charge in [-0.05, 0) is 12.1 Å². The zero-order chi connectivity index (χ0) is 11.2. The quantitative estimate of drug-likeness (QED) is 0.776. The van der Waals surface area contributed by atoms with Gasteiger partial charge in [-0.3, -0.25) is 9.89 Å². The Labute approximate surface area is 93.3 Å². The minimum atomic E-state index is 0.521. The minimum absolute atomic E-state index is 0.521. The fourth-order valence-electron chi connectivity index (χ4n) is 1.41. The Balaban J connectivity index is 1.87. The van der Waals surface area contributed by atoms with E-state index < -0.39 is 0 Å². The van der Waals surface area contributed by atoms with Crippen molar-refractivity contribution < 1.29 is 9.53 Å². The van der Waals surface area contributed by atoms with Crippen LogP contribution >= 0.6 is 0 Å². The highest BCUT2D eigenvalue weighted by molar-refractivity contribution is 5.75. The number of aromatic nitrogens is 2. The van der Waals surface area contributed by atoms with E-state index in [1.54, 1.807) is 0 Å². The number of hydrogen-bond acceptors (Lipinski definition) is 3. The van der Waals surface area contributed by atoms with E-state index in [-0.39, 0.29) is 0 Å². The van der Waals surface area contributed by atoms with Crippen molar-refractivity contribution in [3.8, 4) is 5.75 Å². The molecule has 0 radical (unpaired) electrons. The molecule has 2 aromatic rings. The van der Waals surface area contributed by atoms with E-state index in [4.69, 9.17) is 4.74 Å². The lowest BCUT2D eigenvalue weighted by Crippen LogP contribution is -2.03. The van der Waals surface area contributed by atoms with Crippen molar-refractivity contribution >= 4 is 6.29 Å². The molecule has 4 heteroatoms. The van der Waals surface area contributed by atoms with Crippen LogP contribution in [0.4, 0.5) is 0 Å². The number of rotatable bonds is 5. The lowest BCUT2D eigenvalue weighted by Gasteiger charge is -2.04. The van der Waals surface area contributed by atoms with E-state index >= 15 is 0 Å². The Hall–Kier alpha value is -2.10. The first kappa shape index (κ1) is 10.4. The molecule has 0 aliphatic rings. The van der Waals surface area contributed by atoms with Gasteiger partial charge in [0.05, 0.1) is 18.4 Å². The molecule has 2 rings (SSSR count). The highest BCUT2D eigenvalue weighted by atomic mass is 16.5. The molecule has 0 bridgehead atoms. The lowest BCUT2D eigenvalue weighted by atomic mass is 10.2. The Kier molecular flexibility index (Phi) is 3.33. The van der Waals surface area contributed by atoms with E-state index in [0.29, 0.717) is 18.6 Å². The maximum Gasteiger partial charge on any atom is 0.153 e. The zero-order valence-corrected chi connectivity index (χ0v) is 8.72. The summed E-state index contributed by atoms with van der Waals surface area (Å²) in [5, 5.41) is 6.59. The summed E-state index contributed by atoms with van der Waals surface area (Å²) in [7, 11) is 0. The van der Waals surface area contributed by atoms with E-state index in [1.807, 2.05) is 30.3 Å². The molecule has 0 saturated heterocycles. The molecule has 0 fully saturated rings. The predicted octanol–water partition coefficient (Wildman–Crippen LogP) is 1.84. The third kappa shape index (κ3) is 2.48.